The third kappa shape index (κ3) is 4.39. The zero-order valence-electron chi connectivity index (χ0n) is 16.2. The molecule has 0 spiro atoms. The molecule has 0 aliphatic carbocycles. The van der Waals surface area contributed by atoms with Crippen LogP contribution < -0.4 is 16.2 Å². The van der Waals surface area contributed by atoms with Crippen LogP contribution in [0.2, 0.25) is 0 Å². The maximum Gasteiger partial charge on any atom is 0.420 e. The Morgan fingerprint density at radius 1 is 1.42 bits per heavy atom. The second-order valence-electron chi connectivity index (χ2n) is 6.37. The van der Waals surface area contributed by atoms with Crippen molar-refractivity contribution >= 4 is 55.1 Å². The number of fused-ring (bicyclic) bond motifs is 1. The predicted molar refractivity (Wildman–Crippen MR) is 124 cm³/mol. The van der Waals surface area contributed by atoms with Gasteiger partial charge in [0, 0.05) is 23.2 Å². The minimum atomic E-state index is -1.62. The van der Waals surface area contributed by atoms with Gasteiger partial charge in [0.25, 0.3) is 0 Å². The molecule has 0 fully saturated rings. The third-order valence-corrected chi connectivity index (χ3v) is 7.28. The van der Waals surface area contributed by atoms with Gasteiger partial charge >= 0.3 is 5.76 Å². The van der Waals surface area contributed by atoms with Gasteiger partial charge in [-0.1, -0.05) is 30.0 Å². The van der Waals surface area contributed by atoms with Crippen molar-refractivity contribution in [3.05, 3.63) is 68.9 Å². The minimum Gasteiger partial charge on any atom is -0.588 e. The normalized spacial score (nSPS) is 12.9. The van der Waals surface area contributed by atoms with Gasteiger partial charge in [0.15, 0.2) is 10.5 Å². The summed E-state index contributed by atoms with van der Waals surface area (Å²) < 4.78 is 27.0. The molecule has 2 aromatic carbocycles. The first-order chi connectivity index (χ1) is 15.0. The highest BCUT2D eigenvalue weighted by Gasteiger charge is 2.24. The lowest BCUT2D eigenvalue weighted by Gasteiger charge is -2.16. The fourth-order valence-corrected chi connectivity index (χ4v) is 5.37. The number of hydrogen-bond acceptors (Lipinski definition) is 8. The van der Waals surface area contributed by atoms with E-state index in [0.717, 1.165) is 22.7 Å². The Bertz CT molecular complexity index is 1340. The van der Waals surface area contributed by atoms with Crippen LogP contribution in [-0.2, 0) is 11.4 Å². The smallest absolute Gasteiger partial charge is 0.420 e. The number of nitrogens with two attached hydrogens (primary N) is 1. The Hall–Kier alpha value is -2.62. The molecule has 11 heteroatoms. The van der Waals surface area contributed by atoms with Gasteiger partial charge in [0.05, 0.1) is 22.6 Å². The Morgan fingerprint density at radius 2 is 2.23 bits per heavy atom. The van der Waals surface area contributed by atoms with Crippen LogP contribution in [0.25, 0.3) is 11.1 Å². The molecule has 0 radical (unpaired) electrons. The van der Waals surface area contributed by atoms with Gasteiger partial charge in [-0.2, -0.15) is 9.10 Å². The van der Waals surface area contributed by atoms with Crippen molar-refractivity contribution in [3.63, 3.8) is 0 Å². The quantitative estimate of drug-likeness (QED) is 0.307. The van der Waals surface area contributed by atoms with Gasteiger partial charge in [-0.05, 0) is 40.5 Å². The number of benzene rings is 2. The second-order valence-corrected chi connectivity index (χ2v) is 9.19. The molecule has 0 bridgehead atoms. The SMILES string of the molecule is C[C@H](c1ccccc1C#CCN)n1c(=O)oc2cc([S+]([O-])Nc3ncns3)c(Br)cc21. The van der Waals surface area contributed by atoms with Crippen LogP contribution in [0.1, 0.15) is 24.1 Å². The summed E-state index contributed by atoms with van der Waals surface area (Å²) in [7, 11) is 0. The summed E-state index contributed by atoms with van der Waals surface area (Å²) in [6.45, 7) is 2.14. The number of aromatic nitrogens is 3. The molecule has 4 rings (SSSR count). The fraction of sp³-hybridized carbons (Fsp3) is 0.150. The predicted octanol–water partition coefficient (Wildman–Crippen LogP) is 3.26. The van der Waals surface area contributed by atoms with E-state index < -0.39 is 17.1 Å². The van der Waals surface area contributed by atoms with Crippen molar-refractivity contribution in [1.29, 1.82) is 0 Å². The Morgan fingerprint density at radius 3 is 2.97 bits per heavy atom. The summed E-state index contributed by atoms with van der Waals surface area (Å²) in [6.07, 6.45) is 1.37. The standard InChI is InChI=1S/C20H16BrN5O3S2/c1-12(14-7-3-2-5-13(14)6-4-8-22)26-16-9-15(21)18(10-17(16)29-20(26)27)31(28)25-19-23-11-24-30-19/h2-3,5,7,9-12H,8,22H2,1H3,(H,23,24,25)/t12-,31?/m1/s1. The van der Waals surface area contributed by atoms with Gasteiger partial charge < -0.3 is 14.7 Å². The zero-order valence-corrected chi connectivity index (χ0v) is 19.4. The topological polar surface area (TPSA) is 122 Å². The van der Waals surface area contributed by atoms with Gasteiger partial charge in [-0.25, -0.2) is 9.78 Å². The number of anilines is 1. The van der Waals surface area contributed by atoms with Crippen molar-refractivity contribution < 1.29 is 8.97 Å². The Kier molecular flexibility index (Phi) is 6.45. The molecule has 0 amide bonds. The number of halogens is 1. The number of nitrogens with zero attached hydrogens (tertiary/aromatic N) is 3. The highest BCUT2D eigenvalue weighted by Crippen LogP contribution is 2.32. The molecule has 1 unspecified atom stereocenters. The second kappa shape index (κ2) is 9.25. The molecular weight excluding hydrogens is 502 g/mol. The lowest BCUT2D eigenvalue weighted by atomic mass is 10.0. The molecule has 0 saturated heterocycles. The first-order valence-electron chi connectivity index (χ1n) is 9.07. The van der Waals surface area contributed by atoms with Crippen molar-refractivity contribution in [2.45, 2.75) is 17.9 Å². The largest absolute Gasteiger partial charge is 0.588 e. The van der Waals surface area contributed by atoms with E-state index in [1.807, 2.05) is 31.2 Å². The molecule has 158 valence electrons. The average molecular weight is 518 g/mol. The molecule has 31 heavy (non-hydrogen) atoms. The van der Waals surface area contributed by atoms with E-state index in [-0.39, 0.29) is 12.6 Å². The number of oxazole rings is 1. The van der Waals surface area contributed by atoms with E-state index in [9.17, 15) is 9.35 Å². The zero-order chi connectivity index (χ0) is 22.0. The molecule has 0 aliphatic rings. The van der Waals surface area contributed by atoms with Crippen molar-refractivity contribution in [2.24, 2.45) is 5.73 Å². The lowest BCUT2D eigenvalue weighted by Crippen LogP contribution is -2.20. The Labute approximate surface area is 193 Å². The van der Waals surface area contributed by atoms with Crippen LogP contribution in [0.15, 0.2) is 61.3 Å². The monoisotopic (exact) mass is 517 g/mol. The first kappa shape index (κ1) is 21.6. The molecule has 0 aliphatic heterocycles. The minimum absolute atomic E-state index is 0.245. The van der Waals surface area contributed by atoms with Crippen molar-refractivity contribution in [2.75, 3.05) is 11.3 Å². The van der Waals surface area contributed by atoms with Gasteiger partial charge in [-0.15, -0.1) is 0 Å². The number of hydrogen-bond donors (Lipinski definition) is 2. The summed E-state index contributed by atoms with van der Waals surface area (Å²) in [5.41, 5.74) is 8.07. The average Bonchev–Trinajstić information content (AvgIpc) is 3.38. The summed E-state index contributed by atoms with van der Waals surface area (Å²) in [5.74, 6) is 5.39. The summed E-state index contributed by atoms with van der Waals surface area (Å²) >= 11 is 2.93. The molecule has 2 aromatic heterocycles. The van der Waals surface area contributed by atoms with E-state index >= 15 is 0 Å². The fourth-order valence-electron chi connectivity index (χ4n) is 3.16. The van der Waals surface area contributed by atoms with Crippen LogP contribution in [-0.4, -0.2) is 25.0 Å². The third-order valence-electron chi connectivity index (χ3n) is 4.53. The number of nitrogens with one attached hydrogen (secondary N) is 1. The van der Waals surface area contributed by atoms with Crippen LogP contribution in [0, 0.1) is 11.8 Å². The summed E-state index contributed by atoms with van der Waals surface area (Å²) in [6, 6.07) is 10.5. The maximum atomic E-state index is 12.7. The van der Waals surface area contributed by atoms with E-state index in [1.54, 1.807) is 16.7 Å². The van der Waals surface area contributed by atoms with Gasteiger partial charge in [0.1, 0.15) is 17.7 Å². The molecule has 8 nitrogen and oxygen atoms in total. The van der Waals surface area contributed by atoms with E-state index in [0.29, 0.717) is 25.6 Å². The van der Waals surface area contributed by atoms with Crippen molar-refractivity contribution in [3.8, 4) is 11.8 Å². The maximum absolute atomic E-state index is 12.7. The molecule has 0 saturated carbocycles. The molecule has 2 heterocycles. The van der Waals surface area contributed by atoms with E-state index in [2.05, 4.69) is 41.9 Å². The van der Waals surface area contributed by atoms with Crippen LogP contribution >= 0.6 is 27.5 Å². The first-order valence-corrected chi connectivity index (χ1v) is 11.8. The molecular formula is C20H16BrN5O3S2. The van der Waals surface area contributed by atoms with Gasteiger partial charge in [0.2, 0.25) is 5.13 Å². The number of rotatable bonds is 5. The highest BCUT2D eigenvalue weighted by atomic mass is 79.9. The van der Waals surface area contributed by atoms with Crippen molar-refractivity contribution in [1.82, 2.24) is 13.9 Å². The van der Waals surface area contributed by atoms with E-state index in [4.69, 9.17) is 10.2 Å². The molecule has 2 atom stereocenters. The van der Waals surface area contributed by atoms with E-state index in [1.165, 1.54) is 6.33 Å². The van der Waals surface area contributed by atoms with Crippen LogP contribution in [0.3, 0.4) is 0 Å². The molecule has 3 N–H and O–H groups in total. The highest BCUT2D eigenvalue weighted by molar-refractivity contribution is 9.10. The lowest BCUT2D eigenvalue weighted by molar-refractivity contribution is 0.489. The molecule has 4 aromatic rings. The Balaban J connectivity index is 1.76. The summed E-state index contributed by atoms with van der Waals surface area (Å²) in [4.78, 5) is 17.1. The van der Waals surface area contributed by atoms with Gasteiger partial charge in [-0.3, -0.25) is 4.57 Å². The summed E-state index contributed by atoms with van der Waals surface area (Å²) in [5, 5.41) is 0.424. The van der Waals surface area contributed by atoms with Crippen LogP contribution in [0.4, 0.5) is 5.13 Å². The van der Waals surface area contributed by atoms with Crippen LogP contribution in [0.5, 0.6) is 0 Å².